The number of hydrogen-bond donors (Lipinski definition) is 2. The first-order chi connectivity index (χ1) is 11.6. The van der Waals surface area contributed by atoms with Crippen LogP contribution >= 0.6 is 11.6 Å². The monoisotopic (exact) mass is 351 g/mol. The molecular weight excluding hydrogens is 322 g/mol. The Bertz CT molecular complexity index is 534. The van der Waals surface area contributed by atoms with Crippen molar-refractivity contribution in [3.63, 3.8) is 0 Å². The standard InChI is InChI=1S/C18H30ClN5/c1-4-20-18(21-9-8-15-6-5-7-16(19)12-15)22-13-17-14-23(2)10-11-24(17)3/h5-7,12,17H,4,8-11,13-14H2,1-3H3,(H2,20,21,22). The fourth-order valence-corrected chi connectivity index (χ4v) is 3.07. The van der Waals surface area contributed by atoms with Gasteiger partial charge in [0.2, 0.25) is 0 Å². The molecule has 0 saturated carbocycles. The van der Waals surface area contributed by atoms with Crippen molar-refractivity contribution >= 4 is 17.6 Å². The van der Waals surface area contributed by atoms with Gasteiger partial charge in [0.1, 0.15) is 0 Å². The van der Waals surface area contributed by atoms with Gasteiger partial charge >= 0.3 is 0 Å². The Morgan fingerprint density at radius 1 is 1.29 bits per heavy atom. The first kappa shape index (κ1) is 19.0. The smallest absolute Gasteiger partial charge is 0.191 e. The Labute approximate surface area is 151 Å². The highest BCUT2D eigenvalue weighted by Crippen LogP contribution is 2.10. The lowest BCUT2D eigenvalue weighted by Gasteiger charge is -2.36. The van der Waals surface area contributed by atoms with Crippen molar-refractivity contribution in [2.24, 2.45) is 4.99 Å². The highest BCUT2D eigenvalue weighted by Gasteiger charge is 2.21. The molecule has 5 nitrogen and oxygen atoms in total. The molecule has 1 heterocycles. The van der Waals surface area contributed by atoms with Crippen LogP contribution in [0.4, 0.5) is 0 Å². The van der Waals surface area contributed by atoms with E-state index in [9.17, 15) is 0 Å². The Balaban J connectivity index is 1.83. The zero-order valence-electron chi connectivity index (χ0n) is 15.1. The first-order valence-corrected chi connectivity index (χ1v) is 9.11. The zero-order chi connectivity index (χ0) is 17.4. The van der Waals surface area contributed by atoms with Crippen LogP contribution in [0.1, 0.15) is 12.5 Å². The van der Waals surface area contributed by atoms with Crippen molar-refractivity contribution in [3.8, 4) is 0 Å². The van der Waals surface area contributed by atoms with Gasteiger partial charge in [-0.05, 0) is 45.1 Å². The van der Waals surface area contributed by atoms with Crippen LogP contribution in [0.25, 0.3) is 0 Å². The van der Waals surface area contributed by atoms with Gasteiger partial charge in [-0.25, -0.2) is 0 Å². The van der Waals surface area contributed by atoms with Gasteiger partial charge in [0.25, 0.3) is 0 Å². The minimum atomic E-state index is 0.479. The number of aliphatic imine (C=N–C) groups is 1. The van der Waals surface area contributed by atoms with Crippen molar-refractivity contribution in [1.82, 2.24) is 20.4 Å². The van der Waals surface area contributed by atoms with E-state index >= 15 is 0 Å². The van der Waals surface area contributed by atoms with Gasteiger partial charge in [-0.15, -0.1) is 0 Å². The molecular formula is C18H30ClN5. The molecule has 0 aromatic heterocycles. The average Bonchev–Trinajstić information content (AvgIpc) is 2.55. The van der Waals surface area contributed by atoms with Gasteiger partial charge < -0.3 is 15.5 Å². The maximum absolute atomic E-state index is 6.03. The fourth-order valence-electron chi connectivity index (χ4n) is 2.85. The summed E-state index contributed by atoms with van der Waals surface area (Å²) in [4.78, 5) is 9.55. The van der Waals surface area contributed by atoms with Crippen molar-refractivity contribution < 1.29 is 0 Å². The molecule has 1 aliphatic rings. The molecule has 1 atom stereocenters. The average molecular weight is 352 g/mol. The van der Waals surface area contributed by atoms with Gasteiger partial charge in [-0.2, -0.15) is 0 Å². The molecule has 24 heavy (non-hydrogen) atoms. The molecule has 1 aromatic rings. The molecule has 2 rings (SSSR count). The number of halogens is 1. The Hall–Kier alpha value is -1.30. The summed E-state index contributed by atoms with van der Waals surface area (Å²) in [6, 6.07) is 8.49. The van der Waals surface area contributed by atoms with E-state index < -0.39 is 0 Å². The molecule has 0 aliphatic carbocycles. The van der Waals surface area contributed by atoms with Crippen LogP contribution in [0.2, 0.25) is 5.02 Å². The number of hydrogen-bond acceptors (Lipinski definition) is 3. The second kappa shape index (κ2) is 9.87. The molecule has 0 spiro atoms. The van der Waals surface area contributed by atoms with Crippen LogP contribution in [-0.4, -0.2) is 75.2 Å². The summed E-state index contributed by atoms with van der Waals surface area (Å²) < 4.78 is 0. The summed E-state index contributed by atoms with van der Waals surface area (Å²) >= 11 is 6.03. The lowest BCUT2D eigenvalue weighted by Crippen LogP contribution is -2.51. The zero-order valence-corrected chi connectivity index (χ0v) is 15.8. The number of nitrogens with zero attached hydrogens (tertiary/aromatic N) is 3. The van der Waals surface area contributed by atoms with Crippen molar-refractivity contribution in [1.29, 1.82) is 0 Å². The maximum atomic E-state index is 6.03. The van der Waals surface area contributed by atoms with Crippen LogP contribution in [0.3, 0.4) is 0 Å². The molecule has 1 aliphatic heterocycles. The van der Waals surface area contributed by atoms with E-state index in [0.29, 0.717) is 6.04 Å². The normalized spacial score (nSPS) is 20.2. The fraction of sp³-hybridized carbons (Fsp3) is 0.611. The van der Waals surface area contributed by atoms with Crippen molar-refractivity contribution in [2.45, 2.75) is 19.4 Å². The largest absolute Gasteiger partial charge is 0.357 e. The lowest BCUT2D eigenvalue weighted by atomic mass is 10.1. The Morgan fingerprint density at radius 2 is 2.12 bits per heavy atom. The quantitative estimate of drug-likeness (QED) is 0.604. The van der Waals surface area contributed by atoms with Gasteiger partial charge in [0.05, 0.1) is 6.54 Å². The highest BCUT2D eigenvalue weighted by atomic mass is 35.5. The van der Waals surface area contributed by atoms with E-state index in [1.165, 1.54) is 5.56 Å². The summed E-state index contributed by atoms with van der Waals surface area (Å²) in [5.41, 5.74) is 1.24. The predicted molar refractivity (Wildman–Crippen MR) is 103 cm³/mol. The number of nitrogens with one attached hydrogen (secondary N) is 2. The third kappa shape index (κ3) is 6.30. The van der Waals surface area contributed by atoms with Crippen LogP contribution in [0.5, 0.6) is 0 Å². The molecule has 0 radical (unpaired) electrons. The molecule has 2 N–H and O–H groups in total. The summed E-state index contributed by atoms with van der Waals surface area (Å²) in [6.45, 7) is 7.92. The molecule has 134 valence electrons. The third-order valence-electron chi connectivity index (χ3n) is 4.38. The number of rotatable bonds is 6. The van der Waals surface area contributed by atoms with E-state index in [1.807, 2.05) is 18.2 Å². The van der Waals surface area contributed by atoms with E-state index in [0.717, 1.165) is 56.7 Å². The van der Waals surface area contributed by atoms with Crippen LogP contribution in [-0.2, 0) is 6.42 Å². The SMILES string of the molecule is CCNC(=NCC1CN(C)CCN1C)NCCc1cccc(Cl)c1. The topological polar surface area (TPSA) is 42.9 Å². The molecule has 1 aromatic carbocycles. The lowest BCUT2D eigenvalue weighted by molar-refractivity contribution is 0.119. The summed E-state index contributed by atoms with van der Waals surface area (Å²) in [5, 5.41) is 7.53. The second-order valence-electron chi connectivity index (χ2n) is 6.42. The molecule has 1 saturated heterocycles. The Kier molecular flexibility index (Phi) is 7.82. The van der Waals surface area contributed by atoms with Crippen LogP contribution in [0, 0.1) is 0 Å². The minimum absolute atomic E-state index is 0.479. The summed E-state index contributed by atoms with van der Waals surface area (Å²) in [6.07, 6.45) is 0.928. The van der Waals surface area contributed by atoms with Gasteiger partial charge in [0, 0.05) is 43.8 Å². The molecule has 0 amide bonds. The predicted octanol–water partition coefficient (Wildman–Crippen LogP) is 1.68. The van der Waals surface area contributed by atoms with E-state index in [1.54, 1.807) is 0 Å². The summed E-state index contributed by atoms with van der Waals surface area (Å²) in [5.74, 6) is 0.890. The summed E-state index contributed by atoms with van der Waals surface area (Å²) in [7, 11) is 4.37. The second-order valence-corrected chi connectivity index (χ2v) is 6.86. The van der Waals surface area contributed by atoms with E-state index in [2.05, 4.69) is 47.5 Å². The van der Waals surface area contributed by atoms with Crippen LogP contribution < -0.4 is 10.6 Å². The number of likely N-dealkylation sites (N-methyl/N-ethyl adjacent to an activating group) is 2. The van der Waals surface area contributed by atoms with E-state index in [4.69, 9.17) is 16.6 Å². The number of benzene rings is 1. The van der Waals surface area contributed by atoms with Crippen molar-refractivity contribution in [3.05, 3.63) is 34.9 Å². The Morgan fingerprint density at radius 3 is 2.88 bits per heavy atom. The molecule has 6 heteroatoms. The molecule has 1 unspecified atom stereocenters. The third-order valence-corrected chi connectivity index (χ3v) is 4.61. The van der Waals surface area contributed by atoms with E-state index in [-0.39, 0.29) is 0 Å². The van der Waals surface area contributed by atoms with Gasteiger partial charge in [-0.1, -0.05) is 23.7 Å². The molecule has 1 fully saturated rings. The first-order valence-electron chi connectivity index (χ1n) is 8.74. The van der Waals surface area contributed by atoms with Gasteiger partial charge in [-0.3, -0.25) is 9.89 Å². The highest BCUT2D eigenvalue weighted by molar-refractivity contribution is 6.30. The minimum Gasteiger partial charge on any atom is -0.357 e. The maximum Gasteiger partial charge on any atom is 0.191 e. The number of guanidine groups is 1. The molecule has 0 bridgehead atoms. The van der Waals surface area contributed by atoms with Crippen molar-refractivity contribution in [2.75, 3.05) is 53.4 Å². The van der Waals surface area contributed by atoms with Crippen LogP contribution in [0.15, 0.2) is 29.3 Å². The number of piperazine rings is 1. The van der Waals surface area contributed by atoms with Gasteiger partial charge in [0.15, 0.2) is 5.96 Å².